The van der Waals surface area contributed by atoms with Gasteiger partial charge in [-0.3, -0.25) is 4.57 Å². The van der Waals surface area contributed by atoms with Crippen LogP contribution in [0.4, 0.5) is 5.82 Å². The monoisotopic (exact) mass is 495 g/mol. The maximum Gasteiger partial charge on any atom is 0.167 e. The van der Waals surface area contributed by atoms with Gasteiger partial charge in [-0.05, 0) is 35.4 Å². The van der Waals surface area contributed by atoms with Crippen molar-refractivity contribution < 1.29 is 24.8 Å². The van der Waals surface area contributed by atoms with Crippen molar-refractivity contribution in [2.24, 2.45) is 0 Å². The molecule has 0 radical (unpaired) electrons. The molecule has 0 amide bonds. The van der Waals surface area contributed by atoms with E-state index in [0.717, 1.165) is 16.9 Å². The molecule has 0 aliphatic carbocycles. The molecule has 0 unspecified atom stereocenters. The van der Waals surface area contributed by atoms with Gasteiger partial charge in [-0.1, -0.05) is 24.3 Å². The van der Waals surface area contributed by atoms with Crippen molar-refractivity contribution >= 4 is 28.7 Å². The molecule has 4 atom stereocenters. The minimum Gasteiger partial charge on any atom is -0.508 e. The van der Waals surface area contributed by atoms with Gasteiger partial charge in [-0.15, -0.1) is 0 Å². The number of aromatic nitrogens is 4. The first-order valence-electron chi connectivity index (χ1n) is 11.1. The SMILES string of the molecule is Nc1ncnc2c1ncn2[C@@H]1O[C@H](CSCCOc2ccc(-c3ccc(O)cc3)cc2)[C@@H](O)[C@H]1O. The van der Waals surface area contributed by atoms with Gasteiger partial charge in [0.25, 0.3) is 0 Å². The van der Waals surface area contributed by atoms with Crippen molar-refractivity contribution in [2.75, 3.05) is 23.8 Å². The minimum absolute atomic E-state index is 0.238. The van der Waals surface area contributed by atoms with Crippen molar-refractivity contribution in [3.63, 3.8) is 0 Å². The maximum absolute atomic E-state index is 10.6. The molecule has 11 heteroatoms. The lowest BCUT2D eigenvalue weighted by molar-refractivity contribution is -0.0289. The highest BCUT2D eigenvalue weighted by Gasteiger charge is 2.44. The number of hydrogen-bond donors (Lipinski definition) is 4. The molecule has 5 N–H and O–H groups in total. The van der Waals surface area contributed by atoms with E-state index < -0.39 is 24.5 Å². The molecule has 2 aromatic carbocycles. The van der Waals surface area contributed by atoms with Crippen molar-refractivity contribution in [1.29, 1.82) is 0 Å². The second-order valence-corrected chi connectivity index (χ2v) is 9.27. The molecule has 35 heavy (non-hydrogen) atoms. The van der Waals surface area contributed by atoms with Crippen LogP contribution in [-0.2, 0) is 4.74 Å². The fraction of sp³-hybridized carbons (Fsp3) is 0.292. The van der Waals surface area contributed by atoms with Gasteiger partial charge in [-0.2, -0.15) is 11.8 Å². The lowest BCUT2D eigenvalue weighted by atomic mass is 10.1. The lowest BCUT2D eigenvalue weighted by Crippen LogP contribution is -2.32. The van der Waals surface area contributed by atoms with Crippen LogP contribution in [0.2, 0.25) is 0 Å². The van der Waals surface area contributed by atoms with E-state index in [-0.39, 0.29) is 11.6 Å². The van der Waals surface area contributed by atoms with E-state index >= 15 is 0 Å². The highest BCUT2D eigenvalue weighted by Crippen LogP contribution is 2.33. The number of aliphatic hydroxyl groups is 2. The number of thioether (sulfide) groups is 1. The molecule has 3 heterocycles. The number of phenols is 1. The van der Waals surface area contributed by atoms with Crippen molar-refractivity contribution in [2.45, 2.75) is 24.5 Å². The number of benzene rings is 2. The summed E-state index contributed by atoms with van der Waals surface area (Å²) in [6, 6.07) is 14.8. The highest BCUT2D eigenvalue weighted by molar-refractivity contribution is 7.99. The molecule has 1 aliphatic rings. The van der Waals surface area contributed by atoms with Crippen molar-refractivity contribution in [1.82, 2.24) is 19.5 Å². The van der Waals surface area contributed by atoms with Crippen LogP contribution in [0.1, 0.15) is 6.23 Å². The molecule has 182 valence electrons. The van der Waals surface area contributed by atoms with E-state index in [1.807, 2.05) is 36.4 Å². The molecule has 2 aromatic heterocycles. The number of rotatable bonds is 8. The molecule has 0 spiro atoms. The summed E-state index contributed by atoms with van der Waals surface area (Å²) in [6.45, 7) is 0.486. The number of imidazole rings is 1. The Morgan fingerprint density at radius 2 is 1.69 bits per heavy atom. The molecule has 10 nitrogen and oxygen atoms in total. The molecule has 5 rings (SSSR count). The Morgan fingerprint density at radius 1 is 0.971 bits per heavy atom. The Kier molecular flexibility index (Phi) is 6.73. The summed E-state index contributed by atoms with van der Waals surface area (Å²) in [5, 5.41) is 30.5. The van der Waals surface area contributed by atoms with Gasteiger partial charge in [0.15, 0.2) is 17.7 Å². The van der Waals surface area contributed by atoms with Crippen LogP contribution in [0.25, 0.3) is 22.3 Å². The van der Waals surface area contributed by atoms with Gasteiger partial charge in [0.05, 0.1) is 19.0 Å². The van der Waals surface area contributed by atoms with Gasteiger partial charge < -0.3 is 30.5 Å². The minimum atomic E-state index is -1.13. The molecule has 1 fully saturated rings. The molecular weight excluding hydrogens is 470 g/mol. The van der Waals surface area contributed by atoms with E-state index in [1.165, 1.54) is 12.7 Å². The summed E-state index contributed by atoms with van der Waals surface area (Å²) in [7, 11) is 0. The summed E-state index contributed by atoms with van der Waals surface area (Å²) >= 11 is 1.57. The third kappa shape index (κ3) is 4.89. The zero-order chi connectivity index (χ0) is 24.4. The average Bonchev–Trinajstić information content (AvgIpc) is 3.42. The second-order valence-electron chi connectivity index (χ2n) is 8.12. The zero-order valence-electron chi connectivity index (χ0n) is 18.6. The van der Waals surface area contributed by atoms with E-state index in [9.17, 15) is 15.3 Å². The maximum atomic E-state index is 10.6. The van der Waals surface area contributed by atoms with Crippen LogP contribution in [0.15, 0.2) is 61.2 Å². The normalized spacial score (nSPS) is 22.0. The molecule has 0 bridgehead atoms. The van der Waals surface area contributed by atoms with Gasteiger partial charge in [-0.25, -0.2) is 15.0 Å². The Bertz CT molecular complexity index is 1280. The standard InChI is InChI=1S/C24H25N5O5S/c25-22-19-23(27-12-26-22)29(13-28-19)24-21(32)20(31)18(34-24)11-35-10-9-33-17-7-3-15(4-8-17)14-1-5-16(30)6-2-14/h1-8,12-13,18,20-21,24,30-32H,9-11H2,(H2,25,26,27)/t18-,20-,21-,24-/m1/s1. The predicted molar refractivity (Wildman–Crippen MR) is 132 cm³/mol. The highest BCUT2D eigenvalue weighted by atomic mass is 32.2. The third-order valence-electron chi connectivity index (χ3n) is 5.83. The number of phenolic OH excluding ortho intramolecular Hbond substituents is 1. The van der Waals surface area contributed by atoms with Gasteiger partial charge in [0, 0.05) is 11.5 Å². The third-order valence-corrected chi connectivity index (χ3v) is 6.85. The van der Waals surface area contributed by atoms with Gasteiger partial charge in [0.2, 0.25) is 0 Å². The van der Waals surface area contributed by atoms with E-state index in [1.54, 1.807) is 28.5 Å². The number of nitrogen functional groups attached to an aromatic ring is 1. The molecule has 0 saturated carbocycles. The Balaban J connectivity index is 1.10. The zero-order valence-corrected chi connectivity index (χ0v) is 19.5. The fourth-order valence-corrected chi connectivity index (χ4v) is 4.84. The molecular formula is C24H25N5O5S. The summed E-state index contributed by atoms with van der Waals surface area (Å²) in [6.07, 6.45) is -0.747. The summed E-state index contributed by atoms with van der Waals surface area (Å²) < 4.78 is 13.3. The first kappa shape index (κ1) is 23.4. The predicted octanol–water partition coefficient (Wildman–Crippen LogP) is 2.21. The second kappa shape index (κ2) is 10.1. The number of fused-ring (bicyclic) bond motifs is 1. The van der Waals surface area contributed by atoms with Crippen molar-refractivity contribution in [3.05, 3.63) is 61.2 Å². The number of nitrogens with zero attached hydrogens (tertiary/aromatic N) is 4. The number of anilines is 1. The Morgan fingerprint density at radius 3 is 2.43 bits per heavy atom. The van der Waals surface area contributed by atoms with Crippen LogP contribution in [0, 0.1) is 0 Å². The van der Waals surface area contributed by atoms with Crippen LogP contribution in [-0.4, -0.2) is 71.3 Å². The van der Waals surface area contributed by atoms with Crippen LogP contribution in [0.3, 0.4) is 0 Å². The summed E-state index contributed by atoms with van der Waals surface area (Å²) in [5.74, 6) is 2.41. The van der Waals surface area contributed by atoms with Crippen LogP contribution in [0.5, 0.6) is 11.5 Å². The first-order valence-corrected chi connectivity index (χ1v) is 12.2. The van der Waals surface area contributed by atoms with Gasteiger partial charge in [0.1, 0.15) is 35.6 Å². The average molecular weight is 496 g/mol. The number of aromatic hydroxyl groups is 1. The molecule has 4 aromatic rings. The fourth-order valence-electron chi connectivity index (χ4n) is 3.97. The van der Waals surface area contributed by atoms with Gasteiger partial charge >= 0.3 is 0 Å². The van der Waals surface area contributed by atoms with Crippen LogP contribution < -0.4 is 10.5 Å². The largest absolute Gasteiger partial charge is 0.508 e. The molecule has 1 saturated heterocycles. The Hall–Kier alpha value is -3.38. The lowest BCUT2D eigenvalue weighted by Gasteiger charge is -2.16. The quantitative estimate of drug-likeness (QED) is 0.268. The molecule has 1 aliphatic heterocycles. The van der Waals surface area contributed by atoms with E-state index in [2.05, 4.69) is 15.0 Å². The van der Waals surface area contributed by atoms with E-state index in [0.29, 0.717) is 29.3 Å². The number of nitrogens with two attached hydrogens (primary N) is 1. The van der Waals surface area contributed by atoms with Crippen molar-refractivity contribution in [3.8, 4) is 22.6 Å². The summed E-state index contributed by atoms with van der Waals surface area (Å²) in [5.41, 5.74) is 8.73. The summed E-state index contributed by atoms with van der Waals surface area (Å²) in [4.78, 5) is 12.3. The Labute approximate surface area is 205 Å². The number of hydrogen-bond acceptors (Lipinski definition) is 10. The topological polar surface area (TPSA) is 149 Å². The first-order chi connectivity index (χ1) is 17.0. The number of ether oxygens (including phenoxy) is 2. The van der Waals surface area contributed by atoms with Crippen LogP contribution >= 0.6 is 11.8 Å². The van der Waals surface area contributed by atoms with E-state index in [4.69, 9.17) is 15.2 Å². The number of aliphatic hydroxyl groups excluding tert-OH is 2. The smallest absolute Gasteiger partial charge is 0.167 e.